The van der Waals surface area contributed by atoms with E-state index in [9.17, 15) is 23.5 Å². The van der Waals surface area contributed by atoms with Gasteiger partial charge in [-0.1, -0.05) is 0 Å². The van der Waals surface area contributed by atoms with Gasteiger partial charge in [0.05, 0.1) is 5.69 Å². The van der Waals surface area contributed by atoms with Crippen molar-refractivity contribution in [2.75, 3.05) is 11.9 Å². The van der Waals surface area contributed by atoms with Gasteiger partial charge in [0.1, 0.15) is 17.5 Å². The van der Waals surface area contributed by atoms with Crippen molar-refractivity contribution in [3.8, 4) is 5.75 Å². The van der Waals surface area contributed by atoms with Gasteiger partial charge in [-0.3, -0.25) is 9.69 Å². The number of likely N-dealkylation sites (tertiary alicyclic amines) is 1. The number of halogens is 2. The summed E-state index contributed by atoms with van der Waals surface area (Å²) in [5.41, 5.74) is -1.08. The van der Waals surface area contributed by atoms with Crippen LogP contribution in [0, 0.1) is 11.6 Å². The lowest BCUT2D eigenvalue weighted by Gasteiger charge is -2.40. The Balaban J connectivity index is 2.06. The molecule has 23 heavy (non-hydrogen) atoms. The predicted molar refractivity (Wildman–Crippen MR) is 78.0 cm³/mol. The number of nitrogens with zero attached hydrogens (tertiary/aromatic N) is 1. The average molecular weight is 328 g/mol. The molecular formula is C15H18F2N2O4. The fourth-order valence-electron chi connectivity index (χ4n) is 2.08. The van der Waals surface area contributed by atoms with Crippen molar-refractivity contribution < 1.29 is 28.2 Å². The third-order valence-corrected chi connectivity index (χ3v) is 3.24. The van der Waals surface area contributed by atoms with Gasteiger partial charge in [-0.15, -0.1) is 0 Å². The van der Waals surface area contributed by atoms with Crippen molar-refractivity contribution in [2.45, 2.75) is 38.8 Å². The molecule has 1 saturated heterocycles. The van der Waals surface area contributed by atoms with Crippen LogP contribution in [-0.4, -0.2) is 40.2 Å². The van der Waals surface area contributed by atoms with Crippen molar-refractivity contribution >= 4 is 17.7 Å². The Morgan fingerprint density at radius 3 is 2.52 bits per heavy atom. The third kappa shape index (κ3) is 3.88. The first kappa shape index (κ1) is 17.0. The van der Waals surface area contributed by atoms with E-state index in [1.807, 2.05) is 0 Å². The fourth-order valence-corrected chi connectivity index (χ4v) is 2.08. The first-order chi connectivity index (χ1) is 10.6. The third-order valence-electron chi connectivity index (χ3n) is 3.24. The molecule has 1 atom stereocenters. The highest BCUT2D eigenvalue weighted by molar-refractivity contribution is 5.98. The molecule has 2 rings (SSSR count). The maximum atomic E-state index is 13.3. The second kappa shape index (κ2) is 6.02. The summed E-state index contributed by atoms with van der Waals surface area (Å²) < 4.78 is 31.6. The van der Waals surface area contributed by atoms with Crippen LogP contribution in [0.3, 0.4) is 0 Å². The highest BCUT2D eigenvalue weighted by atomic mass is 19.1. The minimum absolute atomic E-state index is 0.344. The summed E-state index contributed by atoms with van der Waals surface area (Å²) in [5.74, 6) is -3.63. The fraction of sp³-hybridized carbons (Fsp3) is 0.467. The zero-order chi connectivity index (χ0) is 17.4. The van der Waals surface area contributed by atoms with Gasteiger partial charge in [-0.25, -0.2) is 13.6 Å². The summed E-state index contributed by atoms with van der Waals surface area (Å²) in [6, 6.07) is 0.490. The first-order valence-corrected chi connectivity index (χ1v) is 7.07. The van der Waals surface area contributed by atoms with Crippen LogP contribution in [-0.2, 0) is 9.53 Å². The Morgan fingerprint density at radius 1 is 1.35 bits per heavy atom. The summed E-state index contributed by atoms with van der Waals surface area (Å²) >= 11 is 0. The van der Waals surface area contributed by atoms with Crippen LogP contribution in [0.1, 0.15) is 27.2 Å². The Morgan fingerprint density at radius 2 is 2.00 bits per heavy atom. The summed E-state index contributed by atoms with van der Waals surface area (Å²) in [4.78, 5) is 25.3. The van der Waals surface area contributed by atoms with Gasteiger partial charge in [-0.05, 0) is 27.2 Å². The first-order valence-electron chi connectivity index (χ1n) is 7.07. The van der Waals surface area contributed by atoms with E-state index in [1.54, 1.807) is 20.8 Å². The molecule has 6 nitrogen and oxygen atoms in total. The van der Waals surface area contributed by atoms with Crippen LogP contribution >= 0.6 is 0 Å². The summed E-state index contributed by atoms with van der Waals surface area (Å²) in [6.45, 7) is 5.45. The number of amides is 2. The number of hydrogen-bond donors (Lipinski definition) is 2. The van der Waals surface area contributed by atoms with E-state index in [1.165, 1.54) is 4.90 Å². The number of carbonyl (C=O) groups excluding carboxylic acids is 2. The van der Waals surface area contributed by atoms with E-state index in [0.29, 0.717) is 19.0 Å². The smallest absolute Gasteiger partial charge is 0.410 e. The van der Waals surface area contributed by atoms with E-state index < -0.39 is 41.0 Å². The molecular weight excluding hydrogens is 310 g/mol. The number of rotatable bonds is 2. The minimum atomic E-state index is -1.18. The highest BCUT2D eigenvalue weighted by Gasteiger charge is 2.40. The second-order valence-electron chi connectivity index (χ2n) is 6.25. The Hall–Kier alpha value is -2.38. The molecule has 0 aromatic heterocycles. The number of ether oxygens (including phenoxy) is 1. The Labute approximate surface area is 132 Å². The maximum Gasteiger partial charge on any atom is 0.410 e. The lowest BCUT2D eigenvalue weighted by Crippen LogP contribution is -2.57. The number of hydrogen-bond acceptors (Lipinski definition) is 4. The average Bonchev–Trinajstić information content (AvgIpc) is 2.31. The monoisotopic (exact) mass is 328 g/mol. The van der Waals surface area contributed by atoms with Crippen LogP contribution in [0.4, 0.5) is 19.3 Å². The van der Waals surface area contributed by atoms with Gasteiger partial charge in [-0.2, -0.15) is 0 Å². The summed E-state index contributed by atoms with van der Waals surface area (Å²) in [5, 5.41) is 11.7. The molecule has 1 fully saturated rings. The number of aromatic hydroxyl groups is 1. The SMILES string of the molecule is CC(C)(C)OC(=O)N1CC[C@@H]1C(=O)Nc1cc(F)cc(F)c1O. The highest BCUT2D eigenvalue weighted by Crippen LogP contribution is 2.29. The lowest BCUT2D eigenvalue weighted by molar-refractivity contribution is -0.125. The molecule has 1 aliphatic rings. The number of anilines is 1. The Bertz CT molecular complexity index is 643. The molecule has 0 radical (unpaired) electrons. The predicted octanol–water partition coefficient (Wildman–Crippen LogP) is 2.62. The number of nitrogens with one attached hydrogen (secondary N) is 1. The molecule has 8 heteroatoms. The van der Waals surface area contributed by atoms with Gasteiger partial charge in [0.2, 0.25) is 5.91 Å². The van der Waals surface area contributed by atoms with E-state index in [-0.39, 0.29) is 5.69 Å². The second-order valence-corrected chi connectivity index (χ2v) is 6.25. The van der Waals surface area contributed by atoms with Crippen LogP contribution in [0.25, 0.3) is 0 Å². The van der Waals surface area contributed by atoms with Gasteiger partial charge in [0.15, 0.2) is 11.6 Å². The van der Waals surface area contributed by atoms with Crippen LogP contribution in [0.5, 0.6) is 5.75 Å². The van der Waals surface area contributed by atoms with E-state index in [2.05, 4.69) is 5.32 Å². The van der Waals surface area contributed by atoms with Gasteiger partial charge in [0, 0.05) is 18.7 Å². The molecule has 2 amide bonds. The molecule has 1 heterocycles. The van der Waals surface area contributed by atoms with Crippen molar-refractivity contribution in [1.82, 2.24) is 4.90 Å². The molecule has 0 unspecified atom stereocenters. The summed E-state index contributed by atoms with van der Waals surface area (Å²) in [6.07, 6.45) is -0.248. The maximum absolute atomic E-state index is 13.3. The van der Waals surface area contributed by atoms with Crippen LogP contribution in [0.2, 0.25) is 0 Å². The number of benzene rings is 1. The number of phenolic OH excluding ortho intramolecular Hbond substituents is 1. The van der Waals surface area contributed by atoms with E-state index in [4.69, 9.17) is 4.74 Å². The minimum Gasteiger partial charge on any atom is -0.503 e. The molecule has 0 aliphatic carbocycles. The molecule has 2 N–H and O–H groups in total. The molecule has 0 bridgehead atoms. The zero-order valence-electron chi connectivity index (χ0n) is 13.0. The quantitative estimate of drug-likeness (QED) is 0.818. The normalized spacial score (nSPS) is 17.4. The topological polar surface area (TPSA) is 78.9 Å². The largest absolute Gasteiger partial charge is 0.503 e. The lowest BCUT2D eigenvalue weighted by atomic mass is 10.0. The van der Waals surface area contributed by atoms with Gasteiger partial charge >= 0.3 is 6.09 Å². The van der Waals surface area contributed by atoms with Crippen molar-refractivity contribution in [3.05, 3.63) is 23.8 Å². The Kier molecular flexibility index (Phi) is 4.44. The van der Waals surface area contributed by atoms with Crippen molar-refractivity contribution in [1.29, 1.82) is 0 Å². The molecule has 1 aromatic rings. The van der Waals surface area contributed by atoms with E-state index >= 15 is 0 Å². The van der Waals surface area contributed by atoms with Crippen LogP contribution < -0.4 is 5.32 Å². The summed E-state index contributed by atoms with van der Waals surface area (Å²) in [7, 11) is 0. The van der Waals surface area contributed by atoms with Gasteiger partial charge < -0.3 is 15.2 Å². The zero-order valence-corrected chi connectivity index (χ0v) is 13.0. The van der Waals surface area contributed by atoms with E-state index in [0.717, 1.165) is 6.07 Å². The molecule has 1 aromatic carbocycles. The van der Waals surface area contributed by atoms with Crippen LogP contribution in [0.15, 0.2) is 12.1 Å². The molecule has 0 spiro atoms. The number of phenols is 1. The van der Waals surface area contributed by atoms with Crippen molar-refractivity contribution in [2.24, 2.45) is 0 Å². The van der Waals surface area contributed by atoms with Gasteiger partial charge in [0.25, 0.3) is 0 Å². The molecule has 0 saturated carbocycles. The molecule has 1 aliphatic heterocycles. The molecule has 126 valence electrons. The standard InChI is InChI=1S/C15H18F2N2O4/c1-15(2,3)23-14(22)19-5-4-11(19)13(21)18-10-7-8(16)6-9(17)12(10)20/h6-7,11,20H,4-5H2,1-3H3,(H,18,21)/t11-/m1/s1. The van der Waals surface area contributed by atoms with Crippen molar-refractivity contribution in [3.63, 3.8) is 0 Å². The number of carbonyl (C=O) groups is 2.